The van der Waals surface area contributed by atoms with Crippen molar-refractivity contribution in [2.45, 2.75) is 25.3 Å². The van der Waals surface area contributed by atoms with E-state index in [-0.39, 0.29) is 5.95 Å². The fraction of sp³-hybridized carbons (Fsp3) is 0.227. The molecule has 32 heavy (non-hydrogen) atoms. The van der Waals surface area contributed by atoms with E-state index in [0.29, 0.717) is 11.5 Å². The first kappa shape index (κ1) is 20.0. The van der Waals surface area contributed by atoms with Gasteiger partial charge in [0, 0.05) is 36.3 Å². The van der Waals surface area contributed by atoms with Crippen molar-refractivity contribution in [3.05, 3.63) is 66.7 Å². The van der Waals surface area contributed by atoms with Crippen molar-refractivity contribution in [1.29, 1.82) is 0 Å². The van der Waals surface area contributed by atoms with Crippen LogP contribution in [0.25, 0.3) is 16.9 Å². The predicted octanol–water partition coefficient (Wildman–Crippen LogP) is 3.35. The molecule has 1 N–H and O–H groups in total. The van der Waals surface area contributed by atoms with Crippen LogP contribution in [0.2, 0.25) is 0 Å². The van der Waals surface area contributed by atoms with Crippen molar-refractivity contribution in [3.8, 4) is 11.4 Å². The zero-order chi connectivity index (χ0) is 22.3. The number of hydrogen-bond donors (Lipinski definition) is 1. The number of aryl methyl sites for hydroxylation is 1. The summed E-state index contributed by atoms with van der Waals surface area (Å²) in [6, 6.07) is 9.56. The van der Waals surface area contributed by atoms with Crippen molar-refractivity contribution in [2.75, 3.05) is 16.8 Å². The third-order valence-corrected chi connectivity index (χ3v) is 5.41. The molecule has 1 aromatic carbocycles. The van der Waals surface area contributed by atoms with Crippen LogP contribution in [0.15, 0.2) is 61.2 Å². The molecule has 1 amide bonds. The highest BCUT2D eigenvalue weighted by atomic mass is 19.3. The molecule has 4 heterocycles. The first-order chi connectivity index (χ1) is 15.4. The van der Waals surface area contributed by atoms with Gasteiger partial charge in [0.15, 0.2) is 5.82 Å². The van der Waals surface area contributed by atoms with Crippen LogP contribution in [-0.4, -0.2) is 49.0 Å². The van der Waals surface area contributed by atoms with Gasteiger partial charge in [-0.3, -0.25) is 4.79 Å². The van der Waals surface area contributed by atoms with Gasteiger partial charge in [-0.05, 0) is 42.8 Å². The molecule has 162 valence electrons. The number of rotatable bonds is 4. The molecule has 1 saturated heterocycles. The Morgan fingerprint density at radius 1 is 1.16 bits per heavy atom. The number of amides is 1. The standard InChI is InChI=1S/C22H19F2N7O/c1-14-5-6-15(10-17(14)19-27-12-16-4-2-9-31(16)29-19)28-20(32)18-11-22(23,24)13-30(18)21-25-7-3-8-26-21/h2-10,12,18H,11,13H2,1H3,(H,28,32)/t18-/m0/s1. The summed E-state index contributed by atoms with van der Waals surface area (Å²) >= 11 is 0. The van der Waals surface area contributed by atoms with Crippen molar-refractivity contribution >= 4 is 23.1 Å². The lowest BCUT2D eigenvalue weighted by Gasteiger charge is -2.23. The van der Waals surface area contributed by atoms with Crippen LogP contribution < -0.4 is 10.2 Å². The highest BCUT2D eigenvalue weighted by molar-refractivity contribution is 5.97. The highest BCUT2D eigenvalue weighted by Gasteiger charge is 2.49. The number of nitrogens with zero attached hydrogens (tertiary/aromatic N) is 6. The number of carbonyl (C=O) groups excluding carboxylic acids is 1. The Morgan fingerprint density at radius 2 is 1.97 bits per heavy atom. The first-order valence-electron chi connectivity index (χ1n) is 10.0. The van der Waals surface area contributed by atoms with E-state index in [2.05, 4.69) is 25.4 Å². The lowest BCUT2D eigenvalue weighted by Crippen LogP contribution is -2.40. The molecule has 1 fully saturated rings. The maximum absolute atomic E-state index is 14.2. The summed E-state index contributed by atoms with van der Waals surface area (Å²) in [5.41, 5.74) is 2.98. The Bertz CT molecular complexity index is 1290. The fourth-order valence-corrected chi connectivity index (χ4v) is 3.82. The highest BCUT2D eigenvalue weighted by Crippen LogP contribution is 2.34. The van der Waals surface area contributed by atoms with Gasteiger partial charge in [-0.15, -0.1) is 5.10 Å². The summed E-state index contributed by atoms with van der Waals surface area (Å²) in [6.07, 6.45) is 5.85. The minimum absolute atomic E-state index is 0.0999. The molecule has 0 aliphatic carbocycles. The van der Waals surface area contributed by atoms with Gasteiger partial charge >= 0.3 is 0 Å². The second-order valence-corrected chi connectivity index (χ2v) is 7.73. The van der Waals surface area contributed by atoms with Crippen LogP contribution in [0.4, 0.5) is 20.4 Å². The molecular weight excluding hydrogens is 416 g/mol. The lowest BCUT2D eigenvalue weighted by atomic mass is 10.1. The first-order valence-corrected chi connectivity index (χ1v) is 10.0. The molecule has 0 spiro atoms. The van der Waals surface area contributed by atoms with Crippen LogP contribution in [0, 0.1) is 6.92 Å². The van der Waals surface area contributed by atoms with Gasteiger partial charge < -0.3 is 10.2 Å². The van der Waals surface area contributed by atoms with E-state index in [4.69, 9.17) is 0 Å². The topological polar surface area (TPSA) is 88.3 Å². The Hall–Kier alpha value is -3.95. The Balaban J connectivity index is 1.42. The van der Waals surface area contributed by atoms with E-state index in [0.717, 1.165) is 16.6 Å². The van der Waals surface area contributed by atoms with Gasteiger partial charge in [-0.1, -0.05) is 6.07 Å². The minimum atomic E-state index is -3.01. The molecule has 1 aliphatic rings. The number of nitrogens with one attached hydrogen (secondary N) is 1. The zero-order valence-corrected chi connectivity index (χ0v) is 17.1. The van der Waals surface area contributed by atoms with E-state index in [1.54, 1.807) is 28.9 Å². The molecule has 4 aromatic rings. The van der Waals surface area contributed by atoms with Crippen LogP contribution in [0.1, 0.15) is 12.0 Å². The molecule has 0 radical (unpaired) electrons. The summed E-state index contributed by atoms with van der Waals surface area (Å²) in [7, 11) is 0. The van der Waals surface area contributed by atoms with Crippen molar-refractivity contribution in [3.63, 3.8) is 0 Å². The number of fused-ring (bicyclic) bond motifs is 1. The summed E-state index contributed by atoms with van der Waals surface area (Å²) in [5.74, 6) is -2.97. The molecule has 0 bridgehead atoms. The Morgan fingerprint density at radius 3 is 2.78 bits per heavy atom. The van der Waals surface area contributed by atoms with E-state index in [1.165, 1.54) is 17.3 Å². The number of benzene rings is 1. The molecule has 0 saturated carbocycles. The molecule has 8 nitrogen and oxygen atoms in total. The monoisotopic (exact) mass is 435 g/mol. The summed E-state index contributed by atoms with van der Waals surface area (Å²) in [4.78, 5) is 26.7. The zero-order valence-electron chi connectivity index (χ0n) is 17.1. The molecular formula is C22H19F2N7O. The van der Waals surface area contributed by atoms with Gasteiger partial charge in [0.05, 0.1) is 18.3 Å². The number of aromatic nitrogens is 5. The van der Waals surface area contributed by atoms with E-state index < -0.39 is 30.8 Å². The molecule has 5 rings (SSSR count). The maximum Gasteiger partial charge on any atom is 0.267 e. The van der Waals surface area contributed by atoms with Crippen molar-refractivity contribution in [1.82, 2.24) is 24.6 Å². The predicted molar refractivity (Wildman–Crippen MR) is 115 cm³/mol. The van der Waals surface area contributed by atoms with Gasteiger partial charge in [0.2, 0.25) is 11.9 Å². The third kappa shape index (κ3) is 3.75. The van der Waals surface area contributed by atoms with Crippen LogP contribution in [0.3, 0.4) is 0 Å². The van der Waals surface area contributed by atoms with Gasteiger partial charge in [0.1, 0.15) is 6.04 Å². The lowest BCUT2D eigenvalue weighted by molar-refractivity contribution is -0.118. The van der Waals surface area contributed by atoms with E-state index >= 15 is 0 Å². The number of hydrogen-bond acceptors (Lipinski definition) is 6. The third-order valence-electron chi connectivity index (χ3n) is 5.41. The number of halogens is 2. The summed E-state index contributed by atoms with van der Waals surface area (Å²) in [5, 5.41) is 7.26. The number of anilines is 2. The van der Waals surface area contributed by atoms with Gasteiger partial charge in [0.25, 0.3) is 5.92 Å². The maximum atomic E-state index is 14.2. The van der Waals surface area contributed by atoms with Gasteiger partial charge in [-0.2, -0.15) is 0 Å². The van der Waals surface area contributed by atoms with Crippen LogP contribution in [-0.2, 0) is 4.79 Å². The minimum Gasteiger partial charge on any atom is -0.324 e. The number of carbonyl (C=O) groups is 1. The summed E-state index contributed by atoms with van der Waals surface area (Å²) in [6.45, 7) is 1.30. The van der Waals surface area contributed by atoms with Crippen LogP contribution >= 0.6 is 0 Å². The molecule has 1 aliphatic heterocycles. The molecule has 10 heteroatoms. The van der Waals surface area contributed by atoms with Crippen molar-refractivity contribution in [2.24, 2.45) is 0 Å². The second-order valence-electron chi connectivity index (χ2n) is 7.73. The average Bonchev–Trinajstić information content (AvgIpc) is 3.38. The summed E-state index contributed by atoms with van der Waals surface area (Å²) < 4.78 is 30.1. The SMILES string of the molecule is Cc1ccc(NC(=O)[C@@H]2CC(F)(F)CN2c2ncccn2)cc1-c1ncc2cccn2n1. The van der Waals surface area contributed by atoms with Crippen molar-refractivity contribution < 1.29 is 13.6 Å². The molecule has 1 atom stereocenters. The van der Waals surface area contributed by atoms with Gasteiger partial charge in [-0.25, -0.2) is 28.2 Å². The Labute approximate surface area is 181 Å². The fourth-order valence-electron chi connectivity index (χ4n) is 3.82. The molecule has 3 aromatic heterocycles. The molecule has 0 unspecified atom stereocenters. The largest absolute Gasteiger partial charge is 0.324 e. The normalized spacial score (nSPS) is 17.6. The van der Waals surface area contributed by atoms with Crippen LogP contribution in [0.5, 0.6) is 0 Å². The second kappa shape index (κ2) is 7.63. The average molecular weight is 435 g/mol. The number of alkyl halides is 2. The van der Waals surface area contributed by atoms with E-state index in [9.17, 15) is 13.6 Å². The smallest absolute Gasteiger partial charge is 0.267 e. The quantitative estimate of drug-likeness (QED) is 0.529. The van der Waals surface area contributed by atoms with E-state index in [1.807, 2.05) is 31.3 Å². The Kier molecular flexibility index (Phi) is 4.76.